The Balaban J connectivity index is 1.43. The molecule has 1 heteroatoms. The predicted octanol–water partition coefficient (Wildman–Crippen LogP) is 13.1. The summed E-state index contributed by atoms with van der Waals surface area (Å²) >= 11 is 0. The maximum atomic E-state index is 9.80. The monoisotopic (exact) mass is 612 g/mol. The number of nitrogens with zero attached hydrogens (tertiary/aromatic N) is 1. The maximum Gasteiger partial charge on any atom is 0.0651 e. The summed E-state index contributed by atoms with van der Waals surface area (Å²) in [6.07, 6.45) is 0. The molecule has 0 fully saturated rings. The van der Waals surface area contributed by atoms with Crippen LogP contribution >= 0.6 is 0 Å². The maximum absolute atomic E-state index is 9.80. The molecular weight excluding hydrogens is 567 g/mol. The van der Waals surface area contributed by atoms with Gasteiger partial charge in [-0.1, -0.05) is 151 Å². The first-order valence-corrected chi connectivity index (χ1v) is 15.0. The number of benzene rings is 9. The van der Waals surface area contributed by atoms with Crippen molar-refractivity contribution in [3.8, 4) is 22.3 Å². The zero-order valence-electron chi connectivity index (χ0n) is 39.7. The second-order valence-corrected chi connectivity index (χ2v) is 11.0. The van der Waals surface area contributed by atoms with Crippen LogP contribution in [0.15, 0.2) is 188 Å². The summed E-state index contributed by atoms with van der Waals surface area (Å²) in [6, 6.07) is 18.5. The topological polar surface area (TPSA) is 3.24 Å². The van der Waals surface area contributed by atoms with Gasteiger partial charge in [-0.15, -0.1) is 0 Å². The molecule has 1 nitrogen and oxygen atoms in total. The minimum atomic E-state index is -0.845. The molecule has 220 valence electrons. The summed E-state index contributed by atoms with van der Waals surface area (Å²) in [5.41, 5.74) is -1.51. The minimum absolute atomic E-state index is 0.101. The highest BCUT2D eigenvalue weighted by Gasteiger charge is 2.17. The Bertz CT molecular complexity index is 3400. The van der Waals surface area contributed by atoms with Gasteiger partial charge in [0.1, 0.15) is 0 Å². The minimum Gasteiger partial charge on any atom is -0.310 e. The van der Waals surface area contributed by atoms with Crippen LogP contribution in [0.25, 0.3) is 65.3 Å². The second kappa shape index (κ2) is 11.3. The van der Waals surface area contributed by atoms with Crippen LogP contribution in [0.5, 0.6) is 0 Å². The Kier molecular flexibility index (Phi) is 3.83. The molecule has 0 aliphatic heterocycles. The Morgan fingerprint density at radius 3 is 1.98 bits per heavy atom. The number of anilines is 3. The first-order chi connectivity index (χ1) is 29.6. The van der Waals surface area contributed by atoms with E-state index in [9.17, 15) is 9.60 Å². The van der Waals surface area contributed by atoms with Crippen LogP contribution in [0, 0.1) is 0 Å². The van der Waals surface area contributed by atoms with Crippen molar-refractivity contribution in [1.29, 1.82) is 0 Å². The third kappa shape index (κ3) is 4.81. The van der Waals surface area contributed by atoms with Crippen molar-refractivity contribution in [3.63, 3.8) is 0 Å². The van der Waals surface area contributed by atoms with Crippen LogP contribution in [-0.2, 0) is 0 Å². The first-order valence-electron chi connectivity index (χ1n) is 22.5. The quantitative estimate of drug-likeness (QED) is 0.175. The largest absolute Gasteiger partial charge is 0.310 e. The van der Waals surface area contributed by atoms with E-state index in [-0.39, 0.29) is 11.1 Å². The Hall–Kier alpha value is -6.18. The summed E-state index contributed by atoms with van der Waals surface area (Å²) in [4.78, 5) is 0.816. The zero-order valence-corrected chi connectivity index (χ0v) is 24.7. The Labute approximate surface area is 295 Å². The van der Waals surface area contributed by atoms with Gasteiger partial charge >= 0.3 is 0 Å². The third-order valence-corrected chi connectivity index (χ3v) is 8.28. The lowest BCUT2D eigenvalue weighted by Crippen LogP contribution is -2.10. The molecule has 0 saturated carbocycles. The van der Waals surface area contributed by atoms with Crippen molar-refractivity contribution >= 4 is 60.2 Å². The Morgan fingerprint density at radius 2 is 1.09 bits per heavy atom. The van der Waals surface area contributed by atoms with E-state index in [1.54, 1.807) is 42.5 Å². The van der Waals surface area contributed by atoms with Crippen LogP contribution in [0.4, 0.5) is 17.1 Å². The fraction of sp³-hybridized carbons (Fsp3) is 0. The van der Waals surface area contributed by atoms with Gasteiger partial charge in [0.15, 0.2) is 0 Å². The molecule has 0 saturated heterocycles. The van der Waals surface area contributed by atoms with E-state index in [1.165, 1.54) is 0 Å². The molecule has 9 aromatic rings. The molecule has 0 atom stereocenters. The molecule has 0 aliphatic rings. The molecule has 0 heterocycles. The van der Waals surface area contributed by atoms with Gasteiger partial charge in [0.2, 0.25) is 0 Å². The molecule has 0 N–H and O–H groups in total. The van der Waals surface area contributed by atoms with Crippen LogP contribution < -0.4 is 4.90 Å². The van der Waals surface area contributed by atoms with Gasteiger partial charge < -0.3 is 4.90 Å². The smallest absolute Gasteiger partial charge is 0.0651 e. The van der Waals surface area contributed by atoms with Crippen molar-refractivity contribution < 1.29 is 20.6 Å². The summed E-state index contributed by atoms with van der Waals surface area (Å²) in [5.74, 6) is 0. The zero-order chi connectivity index (χ0) is 44.2. The number of hydrogen-bond donors (Lipinski definition) is 0. The first kappa shape index (κ1) is 15.9. The van der Waals surface area contributed by atoms with Gasteiger partial charge in [-0.3, -0.25) is 0 Å². The lowest BCUT2D eigenvalue weighted by Gasteiger charge is -2.27. The van der Waals surface area contributed by atoms with E-state index in [0.29, 0.717) is 16.5 Å². The van der Waals surface area contributed by atoms with Crippen molar-refractivity contribution in [2.24, 2.45) is 0 Å². The normalized spacial score (nSPS) is 15.9. The van der Waals surface area contributed by atoms with E-state index in [4.69, 9.17) is 11.0 Å². The third-order valence-electron chi connectivity index (χ3n) is 8.28. The second-order valence-electron chi connectivity index (χ2n) is 11.0. The highest BCUT2D eigenvalue weighted by Crippen LogP contribution is 2.41. The van der Waals surface area contributed by atoms with E-state index in [0.717, 1.165) is 31.8 Å². The van der Waals surface area contributed by atoms with Crippen molar-refractivity contribution in [2.45, 2.75) is 0 Å². The van der Waals surface area contributed by atoms with Gasteiger partial charge in [0.25, 0.3) is 0 Å². The lowest BCUT2D eigenvalue weighted by molar-refractivity contribution is 1.30. The van der Waals surface area contributed by atoms with Gasteiger partial charge in [-0.05, 0) is 96.2 Å². The highest BCUT2D eigenvalue weighted by atomic mass is 15.1. The SMILES string of the molecule is [2H]c1c([2H])c(-c2cccc3ccccc23)c([2H])c(N(c2c([2H])c([2H])c(-c3ccc4c(ccc5ccccc54)c3)c([2H])c2[2H])c2c([2H])c([2H])c([2H])c3c([2H])c([2H])c([2H])c([2H])c23)c1[2H]. The summed E-state index contributed by atoms with van der Waals surface area (Å²) in [7, 11) is 0. The van der Waals surface area contributed by atoms with Crippen molar-refractivity contribution in [1.82, 2.24) is 0 Å². The molecule has 0 unspecified atom stereocenters. The number of hydrogen-bond acceptors (Lipinski definition) is 1. The molecule has 0 amide bonds. The molecular formula is C46H31N. The molecule has 0 spiro atoms. The number of fused-ring (bicyclic) bond motifs is 5. The molecule has 0 aromatic heterocycles. The lowest BCUT2D eigenvalue weighted by atomic mass is 9.97. The van der Waals surface area contributed by atoms with E-state index in [2.05, 4.69) is 0 Å². The average molecular weight is 613 g/mol. The van der Waals surface area contributed by atoms with Gasteiger partial charge in [-0.25, -0.2) is 0 Å². The van der Waals surface area contributed by atoms with Crippen LogP contribution in [0.3, 0.4) is 0 Å². The molecule has 9 rings (SSSR count). The van der Waals surface area contributed by atoms with Gasteiger partial charge in [0, 0.05) is 16.8 Å². The van der Waals surface area contributed by atoms with Gasteiger partial charge in [-0.2, -0.15) is 0 Å². The average Bonchev–Trinajstić information content (AvgIpc) is 3.27. The van der Waals surface area contributed by atoms with Crippen LogP contribution in [0.2, 0.25) is 0 Å². The van der Waals surface area contributed by atoms with Crippen molar-refractivity contribution in [3.05, 3.63) is 188 Å². The predicted molar refractivity (Wildman–Crippen MR) is 202 cm³/mol. The molecule has 0 aliphatic carbocycles. The summed E-state index contributed by atoms with van der Waals surface area (Å²) in [5, 5.41) is 3.92. The molecule has 47 heavy (non-hydrogen) atoms. The van der Waals surface area contributed by atoms with Crippen LogP contribution in [-0.4, -0.2) is 0 Å². The van der Waals surface area contributed by atoms with E-state index < -0.39 is 118 Å². The molecule has 9 aromatic carbocycles. The fourth-order valence-corrected chi connectivity index (χ4v) is 6.06. The fourth-order valence-electron chi connectivity index (χ4n) is 6.06. The highest BCUT2D eigenvalue weighted by molar-refractivity contribution is 6.08. The molecule has 0 bridgehead atoms. The van der Waals surface area contributed by atoms with Crippen LogP contribution in [0.1, 0.15) is 20.6 Å². The van der Waals surface area contributed by atoms with E-state index >= 15 is 0 Å². The van der Waals surface area contributed by atoms with Gasteiger partial charge in [0.05, 0.1) is 26.2 Å². The summed E-state index contributed by atoms with van der Waals surface area (Å²) in [6.45, 7) is 0. The Morgan fingerprint density at radius 1 is 0.383 bits per heavy atom. The molecule has 0 radical (unpaired) electrons. The summed E-state index contributed by atoms with van der Waals surface area (Å²) < 4.78 is 137. The standard InChI is InChI=1S/C46H31N/c1-4-17-41-33(10-1)13-8-20-43(41)37-15-7-16-40(31-37)47(46-21-9-14-34-11-3-6-19-45(34)46)39-27-24-32(25-28-39)36-26-29-44-38(30-36)23-22-35-12-2-5-18-42(35)44/h1-31H/i3D,6D,7D,9D,11D,14D,15D,16D,19D,21D,24D,25D,27D,28D,31D. The van der Waals surface area contributed by atoms with Crippen molar-refractivity contribution in [2.75, 3.05) is 4.90 Å². The number of rotatable bonds is 5. The van der Waals surface area contributed by atoms with E-state index in [1.807, 2.05) is 54.6 Å².